The Labute approximate surface area is 140 Å². The minimum atomic E-state index is -3.35. The van der Waals surface area contributed by atoms with Gasteiger partial charge in [0.25, 0.3) is 5.91 Å². The molecule has 2 fully saturated rings. The summed E-state index contributed by atoms with van der Waals surface area (Å²) in [6.45, 7) is 2.64. The first kappa shape index (κ1) is 15.6. The van der Waals surface area contributed by atoms with Gasteiger partial charge in [-0.15, -0.1) is 0 Å². The Hall–Kier alpha value is -1.93. The van der Waals surface area contributed by atoms with E-state index in [9.17, 15) is 13.2 Å². The molecule has 0 radical (unpaired) electrons. The van der Waals surface area contributed by atoms with Crippen molar-refractivity contribution in [3.63, 3.8) is 0 Å². The van der Waals surface area contributed by atoms with E-state index in [2.05, 4.69) is 9.71 Å². The molecule has 1 aliphatic heterocycles. The van der Waals surface area contributed by atoms with Crippen molar-refractivity contribution in [2.45, 2.75) is 37.5 Å². The van der Waals surface area contributed by atoms with Gasteiger partial charge >= 0.3 is 0 Å². The number of carbonyl (C=O) groups is 1. The number of imidazole rings is 1. The van der Waals surface area contributed by atoms with Crippen LogP contribution in [0.3, 0.4) is 0 Å². The number of nitrogens with zero attached hydrogens (tertiary/aromatic N) is 3. The molecule has 7 nitrogen and oxygen atoms in total. The van der Waals surface area contributed by atoms with Crippen molar-refractivity contribution >= 4 is 21.6 Å². The Balaban J connectivity index is 1.53. The summed E-state index contributed by atoms with van der Waals surface area (Å²) in [7, 11) is -3.35. The zero-order valence-corrected chi connectivity index (χ0v) is 14.3. The van der Waals surface area contributed by atoms with Crippen molar-refractivity contribution in [2.24, 2.45) is 0 Å². The number of likely N-dealkylation sites (tertiary alicyclic amines) is 1. The van der Waals surface area contributed by atoms with Gasteiger partial charge in [-0.25, -0.2) is 18.1 Å². The van der Waals surface area contributed by atoms with Crippen molar-refractivity contribution < 1.29 is 13.2 Å². The Bertz CT molecular complexity index is 901. The second kappa shape index (κ2) is 5.56. The fraction of sp³-hybridized carbons (Fsp3) is 0.500. The normalized spacial score (nSPS) is 21.5. The van der Waals surface area contributed by atoms with E-state index < -0.39 is 15.3 Å². The molecule has 0 spiro atoms. The van der Waals surface area contributed by atoms with Crippen LogP contribution in [0.25, 0.3) is 5.65 Å². The number of hydrogen-bond acceptors (Lipinski definition) is 4. The topological polar surface area (TPSA) is 83.8 Å². The van der Waals surface area contributed by atoms with E-state index in [0.29, 0.717) is 24.3 Å². The molecule has 1 saturated carbocycles. The fourth-order valence-electron chi connectivity index (χ4n) is 3.10. The maximum atomic E-state index is 12.8. The van der Waals surface area contributed by atoms with Crippen LogP contribution in [0.1, 0.15) is 35.3 Å². The van der Waals surface area contributed by atoms with Crippen molar-refractivity contribution in [1.82, 2.24) is 19.0 Å². The van der Waals surface area contributed by atoms with Gasteiger partial charge in [-0.3, -0.25) is 9.20 Å². The van der Waals surface area contributed by atoms with Crippen LogP contribution in [0.5, 0.6) is 0 Å². The summed E-state index contributed by atoms with van der Waals surface area (Å²) in [6.07, 6.45) is 5.73. The average molecular weight is 348 g/mol. The first-order valence-electron chi connectivity index (χ1n) is 8.18. The number of carbonyl (C=O) groups excluding carboxylic acids is 1. The summed E-state index contributed by atoms with van der Waals surface area (Å²) in [4.78, 5) is 18.7. The molecule has 0 unspecified atom stereocenters. The Morgan fingerprint density at radius 3 is 2.83 bits per heavy atom. The zero-order valence-electron chi connectivity index (χ0n) is 13.5. The third-order valence-electron chi connectivity index (χ3n) is 4.65. The van der Waals surface area contributed by atoms with Crippen LogP contribution >= 0.6 is 0 Å². The van der Waals surface area contributed by atoms with Gasteiger partial charge < -0.3 is 4.90 Å². The summed E-state index contributed by atoms with van der Waals surface area (Å²) in [6, 6.07) is 3.91. The first-order chi connectivity index (χ1) is 11.4. The highest BCUT2D eigenvalue weighted by Gasteiger charge is 2.38. The van der Waals surface area contributed by atoms with Crippen LogP contribution < -0.4 is 4.72 Å². The quantitative estimate of drug-likeness (QED) is 0.891. The van der Waals surface area contributed by atoms with E-state index in [1.165, 1.54) is 0 Å². The summed E-state index contributed by atoms with van der Waals surface area (Å²) in [5, 5.41) is -0.525. The van der Waals surface area contributed by atoms with Crippen LogP contribution in [0.4, 0.5) is 0 Å². The highest BCUT2D eigenvalue weighted by molar-refractivity contribution is 7.90. The molecular weight excluding hydrogens is 328 g/mol. The maximum absolute atomic E-state index is 12.8. The van der Waals surface area contributed by atoms with Crippen molar-refractivity contribution in [3.05, 3.63) is 35.8 Å². The molecule has 1 aliphatic carbocycles. The number of aryl methyl sites for hydroxylation is 1. The maximum Gasteiger partial charge on any atom is 0.272 e. The molecule has 2 aromatic heterocycles. The SMILES string of the molecule is Cc1ccc2ncc(C(=O)N3CC[C@H](S(=O)(=O)NC4CC4)C3)n2c1. The van der Waals surface area contributed by atoms with Gasteiger partial charge in [-0.2, -0.15) is 0 Å². The minimum absolute atomic E-state index is 0.0986. The molecule has 0 bridgehead atoms. The molecule has 4 rings (SSSR count). The largest absolute Gasteiger partial charge is 0.336 e. The predicted octanol–water partition coefficient (Wildman–Crippen LogP) is 0.939. The van der Waals surface area contributed by atoms with Gasteiger partial charge in [-0.05, 0) is 37.8 Å². The summed E-state index contributed by atoms with van der Waals surface area (Å²) in [5.41, 5.74) is 2.22. The first-order valence-corrected chi connectivity index (χ1v) is 9.73. The number of rotatable bonds is 4. The standard InChI is InChI=1S/C16H20N4O3S/c1-11-2-5-15-17-8-14(20(15)9-11)16(21)19-7-6-13(10-19)24(22,23)18-12-3-4-12/h2,5,8-9,12-13,18H,3-4,6-7,10H2,1H3/t13-/m0/s1. The summed E-state index contributed by atoms with van der Waals surface area (Å²) in [5.74, 6) is -0.169. The lowest BCUT2D eigenvalue weighted by Gasteiger charge is -2.16. The lowest BCUT2D eigenvalue weighted by Crippen LogP contribution is -2.38. The number of fused-ring (bicyclic) bond motifs is 1. The summed E-state index contributed by atoms with van der Waals surface area (Å²) < 4.78 is 29.1. The minimum Gasteiger partial charge on any atom is -0.336 e. The zero-order chi connectivity index (χ0) is 16.9. The van der Waals surface area contributed by atoms with Crippen LogP contribution in [-0.2, 0) is 10.0 Å². The number of hydrogen-bond donors (Lipinski definition) is 1. The van der Waals surface area contributed by atoms with Gasteiger partial charge in [0, 0.05) is 25.3 Å². The van der Waals surface area contributed by atoms with Crippen LogP contribution in [0.2, 0.25) is 0 Å². The molecule has 1 saturated heterocycles. The van der Waals surface area contributed by atoms with Crippen LogP contribution in [-0.4, -0.2) is 53.0 Å². The second-order valence-electron chi connectivity index (χ2n) is 6.68. The predicted molar refractivity (Wildman–Crippen MR) is 89.3 cm³/mol. The third-order valence-corrected chi connectivity index (χ3v) is 6.58. The number of sulfonamides is 1. The molecule has 8 heteroatoms. The molecule has 1 amide bonds. The average Bonchev–Trinajstić information content (AvgIpc) is 3.04. The van der Waals surface area contributed by atoms with E-state index in [1.54, 1.807) is 15.5 Å². The van der Waals surface area contributed by atoms with Crippen molar-refractivity contribution in [2.75, 3.05) is 13.1 Å². The fourth-order valence-corrected chi connectivity index (χ4v) is 4.79. The highest BCUT2D eigenvalue weighted by atomic mass is 32.2. The van der Waals surface area contributed by atoms with Gasteiger partial charge in [0.2, 0.25) is 10.0 Å². The van der Waals surface area contributed by atoms with Crippen LogP contribution in [0, 0.1) is 6.92 Å². The smallest absolute Gasteiger partial charge is 0.272 e. The van der Waals surface area contributed by atoms with E-state index in [4.69, 9.17) is 0 Å². The molecular formula is C16H20N4O3S. The third kappa shape index (κ3) is 2.80. The van der Waals surface area contributed by atoms with Gasteiger partial charge in [0.05, 0.1) is 11.4 Å². The lowest BCUT2D eigenvalue weighted by atomic mass is 10.3. The second-order valence-corrected chi connectivity index (χ2v) is 8.67. The van der Waals surface area contributed by atoms with E-state index >= 15 is 0 Å². The molecule has 1 atom stereocenters. The molecule has 2 aliphatic rings. The van der Waals surface area contributed by atoms with Gasteiger partial charge in [0.1, 0.15) is 11.3 Å². The van der Waals surface area contributed by atoms with E-state index in [-0.39, 0.29) is 18.5 Å². The molecule has 3 heterocycles. The molecule has 24 heavy (non-hydrogen) atoms. The number of aromatic nitrogens is 2. The highest BCUT2D eigenvalue weighted by Crippen LogP contribution is 2.24. The van der Waals surface area contributed by atoms with Gasteiger partial charge in [0.15, 0.2) is 0 Å². The Kier molecular flexibility index (Phi) is 3.61. The number of pyridine rings is 1. The molecule has 2 aromatic rings. The lowest BCUT2D eigenvalue weighted by molar-refractivity contribution is 0.0786. The molecule has 128 valence electrons. The number of nitrogens with one attached hydrogen (secondary N) is 1. The molecule has 1 N–H and O–H groups in total. The van der Waals surface area contributed by atoms with E-state index in [1.807, 2.05) is 25.3 Å². The van der Waals surface area contributed by atoms with Crippen molar-refractivity contribution in [1.29, 1.82) is 0 Å². The monoisotopic (exact) mass is 348 g/mol. The summed E-state index contributed by atoms with van der Waals surface area (Å²) >= 11 is 0. The van der Waals surface area contributed by atoms with Crippen molar-refractivity contribution in [3.8, 4) is 0 Å². The van der Waals surface area contributed by atoms with Crippen LogP contribution in [0.15, 0.2) is 24.5 Å². The Morgan fingerprint density at radius 2 is 2.08 bits per heavy atom. The van der Waals surface area contributed by atoms with E-state index in [0.717, 1.165) is 18.4 Å². The van der Waals surface area contributed by atoms with Gasteiger partial charge in [-0.1, -0.05) is 6.07 Å². The molecule has 0 aromatic carbocycles. The number of amides is 1. The Morgan fingerprint density at radius 1 is 1.29 bits per heavy atom.